The van der Waals surface area contributed by atoms with Crippen LogP contribution in [0.25, 0.3) is 0 Å². The van der Waals surface area contributed by atoms with Gasteiger partial charge in [0.2, 0.25) is 0 Å². The number of carbonyl (C=O) groups is 1. The summed E-state index contributed by atoms with van der Waals surface area (Å²) >= 11 is 0. The monoisotopic (exact) mass is 211 g/mol. The molecule has 1 unspecified atom stereocenters. The summed E-state index contributed by atoms with van der Waals surface area (Å²) in [6.07, 6.45) is 0. The fourth-order valence-corrected chi connectivity index (χ4v) is 1.64. The summed E-state index contributed by atoms with van der Waals surface area (Å²) in [5, 5.41) is 8.76. The van der Waals surface area contributed by atoms with Gasteiger partial charge in [0.05, 0.1) is 25.8 Å². The number of rotatable bonds is 3. The van der Waals surface area contributed by atoms with Crippen LogP contribution >= 0.6 is 0 Å². The summed E-state index contributed by atoms with van der Waals surface area (Å²) in [6.45, 7) is 5.57. The van der Waals surface area contributed by atoms with Crippen LogP contribution < -0.4 is 0 Å². The SMILES string of the molecule is COC(=O)CN1CCN(C(C)C#N)CC1. The van der Waals surface area contributed by atoms with Crippen molar-refractivity contribution in [3.63, 3.8) is 0 Å². The molecule has 0 aliphatic carbocycles. The largest absolute Gasteiger partial charge is 0.468 e. The minimum atomic E-state index is -0.197. The lowest BCUT2D eigenvalue weighted by Gasteiger charge is -2.35. The van der Waals surface area contributed by atoms with Crippen molar-refractivity contribution in [2.75, 3.05) is 39.8 Å². The first-order valence-electron chi connectivity index (χ1n) is 5.10. The zero-order valence-electron chi connectivity index (χ0n) is 9.27. The molecular weight excluding hydrogens is 194 g/mol. The summed E-state index contributed by atoms with van der Waals surface area (Å²) in [6, 6.07) is 2.18. The van der Waals surface area contributed by atoms with Crippen LogP contribution in [0, 0.1) is 11.3 Å². The Morgan fingerprint density at radius 3 is 2.53 bits per heavy atom. The van der Waals surface area contributed by atoms with Gasteiger partial charge in [0, 0.05) is 26.2 Å². The Bertz CT molecular complexity index is 254. The number of piperazine rings is 1. The molecule has 1 rings (SSSR count). The zero-order valence-corrected chi connectivity index (χ0v) is 9.27. The highest BCUT2D eigenvalue weighted by atomic mass is 16.5. The lowest BCUT2D eigenvalue weighted by Crippen LogP contribution is -2.50. The van der Waals surface area contributed by atoms with E-state index in [1.54, 1.807) is 0 Å². The maximum absolute atomic E-state index is 11.0. The number of carbonyl (C=O) groups excluding carboxylic acids is 1. The van der Waals surface area contributed by atoms with E-state index in [1.807, 2.05) is 11.8 Å². The molecule has 0 N–H and O–H groups in total. The molecule has 1 aliphatic heterocycles. The number of nitrogens with zero attached hydrogens (tertiary/aromatic N) is 3. The van der Waals surface area contributed by atoms with Crippen LogP contribution in [0.15, 0.2) is 0 Å². The van der Waals surface area contributed by atoms with Crippen molar-refractivity contribution in [2.24, 2.45) is 0 Å². The Morgan fingerprint density at radius 2 is 2.07 bits per heavy atom. The van der Waals surface area contributed by atoms with Gasteiger partial charge in [0.15, 0.2) is 0 Å². The smallest absolute Gasteiger partial charge is 0.319 e. The average Bonchev–Trinajstić information content (AvgIpc) is 2.29. The van der Waals surface area contributed by atoms with Gasteiger partial charge in [0.25, 0.3) is 0 Å². The van der Waals surface area contributed by atoms with Crippen molar-refractivity contribution in [2.45, 2.75) is 13.0 Å². The Labute approximate surface area is 90.2 Å². The normalized spacial score (nSPS) is 20.6. The molecule has 0 aromatic carbocycles. The molecule has 1 atom stereocenters. The van der Waals surface area contributed by atoms with Crippen molar-refractivity contribution in [3.8, 4) is 6.07 Å². The van der Waals surface area contributed by atoms with Gasteiger partial charge in [-0.1, -0.05) is 0 Å². The molecule has 0 radical (unpaired) electrons. The lowest BCUT2D eigenvalue weighted by molar-refractivity contribution is -0.142. The van der Waals surface area contributed by atoms with Crippen LogP contribution in [0.5, 0.6) is 0 Å². The standard InChI is InChI=1S/C10H17N3O2/c1-9(7-11)13-5-3-12(4-6-13)8-10(14)15-2/h9H,3-6,8H2,1-2H3. The van der Waals surface area contributed by atoms with Crippen LogP contribution in [0.2, 0.25) is 0 Å². The maximum Gasteiger partial charge on any atom is 0.319 e. The van der Waals surface area contributed by atoms with E-state index in [0.29, 0.717) is 6.54 Å². The highest BCUT2D eigenvalue weighted by molar-refractivity contribution is 5.71. The summed E-state index contributed by atoms with van der Waals surface area (Å²) in [4.78, 5) is 15.2. The zero-order chi connectivity index (χ0) is 11.3. The van der Waals surface area contributed by atoms with Gasteiger partial charge >= 0.3 is 5.97 Å². The molecule has 5 heteroatoms. The topological polar surface area (TPSA) is 56.6 Å². The molecule has 0 spiro atoms. The van der Waals surface area contributed by atoms with E-state index in [4.69, 9.17) is 5.26 Å². The van der Waals surface area contributed by atoms with Gasteiger partial charge in [-0.3, -0.25) is 14.6 Å². The number of hydrogen-bond acceptors (Lipinski definition) is 5. The quantitative estimate of drug-likeness (QED) is 0.599. The number of ether oxygens (including phenoxy) is 1. The number of esters is 1. The second-order valence-electron chi connectivity index (χ2n) is 3.69. The van der Waals surface area contributed by atoms with Crippen LogP contribution in [-0.4, -0.2) is 61.6 Å². The number of hydrogen-bond donors (Lipinski definition) is 0. The van der Waals surface area contributed by atoms with Gasteiger partial charge in [-0.05, 0) is 6.92 Å². The third-order valence-corrected chi connectivity index (χ3v) is 2.72. The van der Waals surface area contributed by atoms with Gasteiger partial charge in [-0.25, -0.2) is 0 Å². The van der Waals surface area contributed by atoms with E-state index in [9.17, 15) is 4.79 Å². The molecule has 15 heavy (non-hydrogen) atoms. The summed E-state index contributed by atoms with van der Waals surface area (Å²) in [5.41, 5.74) is 0. The highest BCUT2D eigenvalue weighted by Crippen LogP contribution is 2.05. The van der Waals surface area contributed by atoms with E-state index >= 15 is 0 Å². The molecule has 0 amide bonds. The van der Waals surface area contributed by atoms with Crippen molar-refractivity contribution < 1.29 is 9.53 Å². The van der Waals surface area contributed by atoms with E-state index < -0.39 is 0 Å². The third-order valence-electron chi connectivity index (χ3n) is 2.72. The van der Waals surface area contributed by atoms with Gasteiger partial charge in [-0.15, -0.1) is 0 Å². The first-order chi connectivity index (χ1) is 7.17. The first kappa shape index (κ1) is 12.0. The molecule has 1 heterocycles. The van der Waals surface area contributed by atoms with Crippen molar-refractivity contribution >= 4 is 5.97 Å². The molecule has 1 aliphatic rings. The molecular formula is C10H17N3O2. The number of nitriles is 1. The number of methoxy groups -OCH3 is 1. The van der Waals surface area contributed by atoms with E-state index in [-0.39, 0.29) is 12.0 Å². The Balaban J connectivity index is 2.30. The van der Waals surface area contributed by atoms with E-state index in [2.05, 4.69) is 15.7 Å². The molecule has 5 nitrogen and oxygen atoms in total. The molecule has 1 saturated heterocycles. The molecule has 84 valence electrons. The van der Waals surface area contributed by atoms with Crippen LogP contribution in [0.1, 0.15) is 6.92 Å². The molecule has 1 fully saturated rings. The van der Waals surface area contributed by atoms with Crippen molar-refractivity contribution in [1.29, 1.82) is 5.26 Å². The predicted molar refractivity (Wildman–Crippen MR) is 55.1 cm³/mol. The third kappa shape index (κ3) is 3.50. The van der Waals surface area contributed by atoms with Gasteiger partial charge in [-0.2, -0.15) is 5.26 Å². The fraction of sp³-hybridized carbons (Fsp3) is 0.800. The lowest BCUT2D eigenvalue weighted by atomic mass is 10.2. The first-order valence-corrected chi connectivity index (χ1v) is 5.10. The van der Waals surface area contributed by atoms with Crippen molar-refractivity contribution in [3.05, 3.63) is 0 Å². The van der Waals surface area contributed by atoms with Crippen LogP contribution in [-0.2, 0) is 9.53 Å². The molecule has 0 bridgehead atoms. The van der Waals surface area contributed by atoms with Gasteiger partial charge in [0.1, 0.15) is 0 Å². The molecule has 0 saturated carbocycles. The summed E-state index contributed by atoms with van der Waals surface area (Å²) < 4.78 is 4.60. The van der Waals surface area contributed by atoms with Crippen molar-refractivity contribution in [1.82, 2.24) is 9.80 Å². The molecule has 0 aromatic rings. The predicted octanol–water partition coefficient (Wildman–Crippen LogP) is -0.311. The Kier molecular flexibility index (Phi) is 4.53. The molecule has 0 aromatic heterocycles. The maximum atomic E-state index is 11.0. The van der Waals surface area contributed by atoms with Gasteiger partial charge < -0.3 is 4.74 Å². The van der Waals surface area contributed by atoms with Crippen LogP contribution in [0.3, 0.4) is 0 Å². The van der Waals surface area contributed by atoms with E-state index in [1.165, 1.54) is 7.11 Å². The minimum Gasteiger partial charge on any atom is -0.468 e. The van der Waals surface area contributed by atoms with Crippen LogP contribution in [0.4, 0.5) is 0 Å². The summed E-state index contributed by atoms with van der Waals surface area (Å²) in [7, 11) is 1.40. The average molecular weight is 211 g/mol. The Hall–Kier alpha value is -1.12. The second kappa shape index (κ2) is 5.69. The highest BCUT2D eigenvalue weighted by Gasteiger charge is 2.21. The minimum absolute atomic E-state index is 0.0368. The van der Waals surface area contributed by atoms with E-state index in [0.717, 1.165) is 26.2 Å². The summed E-state index contributed by atoms with van der Waals surface area (Å²) in [5.74, 6) is -0.197. The Morgan fingerprint density at radius 1 is 1.47 bits per heavy atom. The second-order valence-corrected chi connectivity index (χ2v) is 3.69. The fourth-order valence-electron chi connectivity index (χ4n) is 1.64.